The number of carbonyl (C=O) groups is 1. The fraction of sp³-hybridized carbons (Fsp3) is 0.755. The van der Waals surface area contributed by atoms with Crippen molar-refractivity contribution in [3.05, 3.63) is 72.9 Å². The molecule has 0 saturated heterocycles. The van der Waals surface area contributed by atoms with Crippen LogP contribution in [-0.4, -0.2) is 34.9 Å². The monoisotopic (exact) mass is 794 g/mol. The van der Waals surface area contributed by atoms with Gasteiger partial charge in [0.15, 0.2) is 0 Å². The third kappa shape index (κ3) is 44.8. The Labute approximate surface area is 355 Å². The van der Waals surface area contributed by atoms with Crippen molar-refractivity contribution in [2.45, 2.75) is 251 Å². The SMILES string of the molecule is CC/C=C\C/C=C\C/C=C\C/C=C\C/C=C\CCCCCCCCCCCCCCCC(=O)NC(CO)C(O)/C=C/CCCCCCCCCCCCCCCC. The van der Waals surface area contributed by atoms with Gasteiger partial charge in [0.2, 0.25) is 5.91 Å². The van der Waals surface area contributed by atoms with Crippen LogP contribution in [0, 0.1) is 0 Å². The summed E-state index contributed by atoms with van der Waals surface area (Å²) in [5.41, 5.74) is 0. The minimum atomic E-state index is -0.842. The lowest BCUT2D eigenvalue weighted by molar-refractivity contribution is -0.123. The highest BCUT2D eigenvalue weighted by atomic mass is 16.3. The Kier molecular flexibility index (Phi) is 46.4. The predicted octanol–water partition coefficient (Wildman–Crippen LogP) is 15.9. The molecule has 1 amide bonds. The Balaban J connectivity index is 3.54. The van der Waals surface area contributed by atoms with Crippen molar-refractivity contribution in [2.75, 3.05) is 6.61 Å². The van der Waals surface area contributed by atoms with Crippen LogP contribution in [0.3, 0.4) is 0 Å². The van der Waals surface area contributed by atoms with E-state index in [-0.39, 0.29) is 12.5 Å². The fourth-order valence-electron chi connectivity index (χ4n) is 7.21. The number of aliphatic hydroxyl groups is 2. The standard InChI is InChI=1S/C53H95NO3/c1-3-5-7-9-11-13-15-17-19-21-22-23-24-25-26-27-28-29-30-31-32-33-35-37-39-41-43-45-47-49-53(57)54-51(50-55)52(56)48-46-44-42-40-38-36-34-20-18-16-14-12-10-8-6-4-2/h5,7,11,13,17,19,22-23,25-26,46,48,51-52,55-56H,3-4,6,8-10,12,14-16,18,20-21,24,27-45,47,49-50H2,1-2H3,(H,54,57)/b7-5-,13-11-,19-17-,23-22-,26-25-,48-46+. The lowest BCUT2D eigenvalue weighted by atomic mass is 10.0. The molecule has 0 aliphatic heterocycles. The van der Waals surface area contributed by atoms with Crippen LogP contribution in [-0.2, 0) is 4.79 Å². The van der Waals surface area contributed by atoms with Crippen LogP contribution in [0.2, 0.25) is 0 Å². The van der Waals surface area contributed by atoms with E-state index in [2.05, 4.69) is 79.9 Å². The lowest BCUT2D eigenvalue weighted by Gasteiger charge is -2.20. The van der Waals surface area contributed by atoms with Gasteiger partial charge in [0.25, 0.3) is 0 Å². The van der Waals surface area contributed by atoms with E-state index in [1.165, 1.54) is 161 Å². The van der Waals surface area contributed by atoms with E-state index in [0.717, 1.165) is 57.8 Å². The minimum absolute atomic E-state index is 0.0670. The van der Waals surface area contributed by atoms with Crippen molar-refractivity contribution in [2.24, 2.45) is 0 Å². The average Bonchev–Trinajstić information content (AvgIpc) is 3.22. The summed E-state index contributed by atoms with van der Waals surface area (Å²) in [6.07, 6.45) is 68.8. The molecule has 57 heavy (non-hydrogen) atoms. The quantitative estimate of drug-likeness (QED) is 0.0425. The Bertz CT molecular complexity index is 992. The van der Waals surface area contributed by atoms with E-state index < -0.39 is 12.1 Å². The molecule has 0 aliphatic carbocycles. The Morgan fingerprint density at radius 1 is 0.439 bits per heavy atom. The zero-order valence-electron chi connectivity index (χ0n) is 37.8. The van der Waals surface area contributed by atoms with E-state index in [9.17, 15) is 15.0 Å². The number of nitrogens with one attached hydrogen (secondary N) is 1. The van der Waals surface area contributed by atoms with Crippen LogP contribution >= 0.6 is 0 Å². The van der Waals surface area contributed by atoms with Gasteiger partial charge < -0.3 is 15.5 Å². The first-order chi connectivity index (χ1) is 28.2. The molecule has 0 saturated carbocycles. The first-order valence-corrected chi connectivity index (χ1v) is 24.7. The molecule has 0 aromatic heterocycles. The Morgan fingerprint density at radius 3 is 1.16 bits per heavy atom. The normalized spacial score (nSPS) is 13.5. The van der Waals surface area contributed by atoms with Gasteiger partial charge in [-0.25, -0.2) is 0 Å². The van der Waals surface area contributed by atoms with Crippen LogP contribution < -0.4 is 5.32 Å². The van der Waals surface area contributed by atoms with Gasteiger partial charge >= 0.3 is 0 Å². The van der Waals surface area contributed by atoms with E-state index >= 15 is 0 Å². The average molecular weight is 794 g/mol. The minimum Gasteiger partial charge on any atom is -0.394 e. The summed E-state index contributed by atoms with van der Waals surface area (Å²) in [5, 5.41) is 23.1. The zero-order chi connectivity index (χ0) is 41.4. The van der Waals surface area contributed by atoms with Crippen LogP contribution in [0.15, 0.2) is 72.9 Å². The van der Waals surface area contributed by atoms with Gasteiger partial charge in [-0.15, -0.1) is 0 Å². The Morgan fingerprint density at radius 2 is 0.772 bits per heavy atom. The molecule has 3 N–H and O–H groups in total. The predicted molar refractivity (Wildman–Crippen MR) is 253 cm³/mol. The first kappa shape index (κ1) is 54.8. The van der Waals surface area contributed by atoms with Gasteiger partial charge in [-0.1, -0.05) is 241 Å². The van der Waals surface area contributed by atoms with E-state index in [0.29, 0.717) is 6.42 Å². The van der Waals surface area contributed by atoms with Gasteiger partial charge in [-0.05, 0) is 64.2 Å². The maximum atomic E-state index is 12.4. The largest absolute Gasteiger partial charge is 0.394 e. The van der Waals surface area contributed by atoms with Gasteiger partial charge in [0.1, 0.15) is 0 Å². The lowest BCUT2D eigenvalue weighted by Crippen LogP contribution is -2.45. The molecule has 2 atom stereocenters. The molecule has 0 fully saturated rings. The maximum absolute atomic E-state index is 12.4. The number of hydrogen-bond donors (Lipinski definition) is 3. The van der Waals surface area contributed by atoms with Gasteiger partial charge in [-0.2, -0.15) is 0 Å². The molecule has 330 valence electrons. The number of carbonyl (C=O) groups excluding carboxylic acids is 1. The second kappa shape index (κ2) is 48.2. The molecule has 0 radical (unpaired) electrons. The topological polar surface area (TPSA) is 69.6 Å². The summed E-state index contributed by atoms with van der Waals surface area (Å²) in [6.45, 7) is 4.20. The van der Waals surface area contributed by atoms with Crippen molar-refractivity contribution in [1.29, 1.82) is 0 Å². The highest BCUT2D eigenvalue weighted by molar-refractivity contribution is 5.76. The molecular weight excluding hydrogens is 699 g/mol. The highest BCUT2D eigenvalue weighted by Gasteiger charge is 2.17. The maximum Gasteiger partial charge on any atom is 0.220 e. The number of allylic oxidation sites excluding steroid dienone is 11. The molecule has 4 heteroatoms. The first-order valence-electron chi connectivity index (χ1n) is 24.7. The van der Waals surface area contributed by atoms with E-state index in [1.807, 2.05) is 6.08 Å². The van der Waals surface area contributed by atoms with Crippen LogP contribution in [0.25, 0.3) is 0 Å². The van der Waals surface area contributed by atoms with E-state index in [1.54, 1.807) is 6.08 Å². The molecule has 0 aliphatic rings. The van der Waals surface area contributed by atoms with Crippen LogP contribution in [0.4, 0.5) is 0 Å². The van der Waals surface area contributed by atoms with Crippen molar-refractivity contribution >= 4 is 5.91 Å². The summed E-state index contributed by atoms with van der Waals surface area (Å²) >= 11 is 0. The molecular formula is C53H95NO3. The summed E-state index contributed by atoms with van der Waals surface area (Å²) in [5.74, 6) is -0.0670. The summed E-state index contributed by atoms with van der Waals surface area (Å²) in [4.78, 5) is 12.4. The smallest absolute Gasteiger partial charge is 0.220 e. The molecule has 2 unspecified atom stereocenters. The summed E-state index contributed by atoms with van der Waals surface area (Å²) in [7, 11) is 0. The number of amides is 1. The van der Waals surface area contributed by atoms with Crippen molar-refractivity contribution in [3.63, 3.8) is 0 Å². The molecule has 0 rings (SSSR count). The van der Waals surface area contributed by atoms with Crippen molar-refractivity contribution < 1.29 is 15.0 Å². The van der Waals surface area contributed by atoms with E-state index in [4.69, 9.17) is 0 Å². The fourth-order valence-corrected chi connectivity index (χ4v) is 7.21. The summed E-state index contributed by atoms with van der Waals surface area (Å²) < 4.78 is 0. The Hall–Kier alpha value is -2.17. The molecule has 0 spiro atoms. The number of hydrogen-bond acceptors (Lipinski definition) is 3. The summed E-state index contributed by atoms with van der Waals surface area (Å²) in [6, 6.07) is -0.625. The highest BCUT2D eigenvalue weighted by Crippen LogP contribution is 2.15. The molecule has 0 bridgehead atoms. The molecule has 0 heterocycles. The second-order valence-corrected chi connectivity index (χ2v) is 16.5. The number of aliphatic hydroxyl groups excluding tert-OH is 2. The van der Waals surface area contributed by atoms with Gasteiger partial charge in [-0.3, -0.25) is 4.79 Å². The molecule has 0 aromatic carbocycles. The molecule has 0 aromatic rings. The van der Waals surface area contributed by atoms with Crippen molar-refractivity contribution in [3.8, 4) is 0 Å². The zero-order valence-corrected chi connectivity index (χ0v) is 37.8. The van der Waals surface area contributed by atoms with Gasteiger partial charge in [0.05, 0.1) is 18.8 Å². The van der Waals surface area contributed by atoms with Crippen molar-refractivity contribution in [1.82, 2.24) is 5.32 Å². The molecule has 4 nitrogen and oxygen atoms in total. The van der Waals surface area contributed by atoms with Gasteiger partial charge in [0, 0.05) is 6.42 Å². The second-order valence-electron chi connectivity index (χ2n) is 16.5. The third-order valence-corrected chi connectivity index (χ3v) is 10.9. The number of unbranched alkanes of at least 4 members (excludes halogenated alkanes) is 27. The number of rotatable bonds is 44. The van der Waals surface area contributed by atoms with Crippen LogP contribution in [0.5, 0.6) is 0 Å². The third-order valence-electron chi connectivity index (χ3n) is 10.9. The van der Waals surface area contributed by atoms with Crippen LogP contribution in [0.1, 0.15) is 239 Å².